The maximum atomic E-state index is 12.4. The topological polar surface area (TPSA) is 58.6 Å². The summed E-state index contributed by atoms with van der Waals surface area (Å²) in [7, 11) is 1.65. The zero-order valence-electron chi connectivity index (χ0n) is 15.4. The normalized spacial score (nSPS) is 17.2. The summed E-state index contributed by atoms with van der Waals surface area (Å²) in [5.41, 5.74) is 1.74. The predicted molar refractivity (Wildman–Crippen MR) is 102 cm³/mol. The van der Waals surface area contributed by atoms with Gasteiger partial charge in [-0.3, -0.25) is 4.79 Å². The number of aliphatic hydroxyl groups excluding tert-OH is 1. The minimum Gasteiger partial charge on any atom is -0.496 e. The zero-order chi connectivity index (χ0) is 18.6. The van der Waals surface area contributed by atoms with Crippen molar-refractivity contribution in [2.24, 2.45) is 5.41 Å². The summed E-state index contributed by atoms with van der Waals surface area (Å²) in [6.07, 6.45) is 1.74. The lowest BCUT2D eigenvalue weighted by molar-refractivity contribution is -0.121. The summed E-state index contributed by atoms with van der Waals surface area (Å²) >= 11 is 0. The van der Waals surface area contributed by atoms with E-state index in [2.05, 4.69) is 5.32 Å². The molecule has 138 valence electrons. The average Bonchev–Trinajstić information content (AvgIpc) is 3.47. The molecule has 1 fully saturated rings. The van der Waals surface area contributed by atoms with Crippen molar-refractivity contribution in [1.82, 2.24) is 5.32 Å². The first-order valence-corrected chi connectivity index (χ1v) is 9.18. The van der Waals surface area contributed by atoms with Gasteiger partial charge in [-0.1, -0.05) is 55.5 Å². The third kappa shape index (κ3) is 4.07. The largest absolute Gasteiger partial charge is 0.496 e. The van der Waals surface area contributed by atoms with Crippen LogP contribution in [-0.4, -0.2) is 24.7 Å². The van der Waals surface area contributed by atoms with E-state index in [1.165, 1.54) is 0 Å². The van der Waals surface area contributed by atoms with E-state index >= 15 is 0 Å². The van der Waals surface area contributed by atoms with E-state index in [1.807, 2.05) is 61.5 Å². The number of rotatable bonds is 8. The smallest absolute Gasteiger partial charge is 0.220 e. The van der Waals surface area contributed by atoms with Crippen LogP contribution >= 0.6 is 0 Å². The first-order valence-electron chi connectivity index (χ1n) is 9.18. The van der Waals surface area contributed by atoms with Crippen LogP contribution < -0.4 is 10.1 Å². The van der Waals surface area contributed by atoms with Gasteiger partial charge in [0.25, 0.3) is 0 Å². The quantitative estimate of drug-likeness (QED) is 0.758. The molecule has 1 aliphatic rings. The van der Waals surface area contributed by atoms with Gasteiger partial charge < -0.3 is 15.2 Å². The highest BCUT2D eigenvalue weighted by Gasteiger charge is 2.49. The van der Waals surface area contributed by atoms with Crippen LogP contribution in [0.1, 0.15) is 49.3 Å². The van der Waals surface area contributed by atoms with Crippen molar-refractivity contribution in [2.75, 3.05) is 13.7 Å². The number of aliphatic hydroxyl groups is 1. The van der Waals surface area contributed by atoms with Gasteiger partial charge in [0.15, 0.2) is 0 Å². The van der Waals surface area contributed by atoms with E-state index in [-0.39, 0.29) is 17.2 Å². The van der Waals surface area contributed by atoms with E-state index in [0.717, 1.165) is 29.7 Å². The van der Waals surface area contributed by atoms with Crippen molar-refractivity contribution in [3.8, 4) is 5.75 Å². The number of nitrogens with one attached hydrogen (secondary N) is 1. The third-order valence-corrected chi connectivity index (χ3v) is 5.39. The summed E-state index contributed by atoms with van der Waals surface area (Å²) < 4.78 is 5.39. The maximum Gasteiger partial charge on any atom is 0.220 e. The van der Waals surface area contributed by atoms with Gasteiger partial charge in [0.2, 0.25) is 5.91 Å². The first-order chi connectivity index (χ1) is 12.6. The Balaban J connectivity index is 1.56. The van der Waals surface area contributed by atoms with E-state index in [0.29, 0.717) is 13.0 Å². The molecule has 0 aromatic heterocycles. The Morgan fingerprint density at radius 1 is 1.15 bits per heavy atom. The highest BCUT2D eigenvalue weighted by Crippen LogP contribution is 2.54. The second-order valence-corrected chi connectivity index (χ2v) is 7.30. The number of ether oxygens (including phenoxy) is 1. The van der Waals surface area contributed by atoms with Gasteiger partial charge in [-0.25, -0.2) is 0 Å². The van der Waals surface area contributed by atoms with Gasteiger partial charge >= 0.3 is 0 Å². The van der Waals surface area contributed by atoms with E-state index in [9.17, 15) is 9.90 Å². The molecule has 2 aromatic rings. The van der Waals surface area contributed by atoms with Crippen LogP contribution in [0.25, 0.3) is 0 Å². The minimum atomic E-state index is -0.532. The molecular weight excluding hydrogens is 326 g/mol. The summed E-state index contributed by atoms with van der Waals surface area (Å²) in [6, 6.07) is 17.5. The zero-order valence-corrected chi connectivity index (χ0v) is 15.4. The Morgan fingerprint density at radius 2 is 1.81 bits per heavy atom. The van der Waals surface area contributed by atoms with E-state index in [4.69, 9.17) is 4.74 Å². The molecule has 26 heavy (non-hydrogen) atoms. The fraction of sp³-hybridized carbons (Fsp3) is 0.409. The van der Waals surface area contributed by atoms with Gasteiger partial charge in [-0.2, -0.15) is 0 Å². The lowest BCUT2D eigenvalue weighted by Gasteiger charge is -2.23. The number of amides is 1. The predicted octanol–water partition coefficient (Wildman–Crippen LogP) is 3.82. The van der Waals surface area contributed by atoms with Gasteiger partial charge in [0.05, 0.1) is 13.2 Å². The molecule has 3 rings (SSSR count). The molecule has 1 saturated carbocycles. The number of carbonyl (C=O) groups is 1. The maximum absolute atomic E-state index is 12.4. The molecule has 0 saturated heterocycles. The molecule has 4 heteroatoms. The lowest BCUT2D eigenvalue weighted by atomic mass is 9.92. The summed E-state index contributed by atoms with van der Waals surface area (Å²) in [4.78, 5) is 12.4. The SMILES string of the molecule is COc1ccccc1[C@H](C)CC(=O)NCC1([C@@H](O)c2ccccc2)CC1. The van der Waals surface area contributed by atoms with Crippen LogP contribution in [0.4, 0.5) is 0 Å². The Kier molecular flexibility index (Phi) is 5.62. The molecule has 2 N–H and O–H groups in total. The summed E-state index contributed by atoms with van der Waals surface area (Å²) in [5.74, 6) is 0.890. The molecule has 2 atom stereocenters. The van der Waals surface area contributed by atoms with Crippen LogP contribution in [0, 0.1) is 5.41 Å². The van der Waals surface area contributed by atoms with Crippen molar-refractivity contribution in [3.63, 3.8) is 0 Å². The fourth-order valence-electron chi connectivity index (χ4n) is 3.50. The number of carbonyl (C=O) groups excluding carboxylic acids is 1. The van der Waals surface area contributed by atoms with Crippen LogP contribution in [0.5, 0.6) is 5.75 Å². The standard InChI is InChI=1S/C22H27NO3/c1-16(18-10-6-7-11-19(18)26-2)14-20(24)23-15-22(12-13-22)21(25)17-8-4-3-5-9-17/h3-11,16,21,25H,12-15H2,1-2H3,(H,23,24)/t16-,21+/m1/s1. The number of benzene rings is 2. The molecule has 0 bridgehead atoms. The van der Waals surface area contributed by atoms with Crippen molar-refractivity contribution < 1.29 is 14.6 Å². The van der Waals surface area contributed by atoms with Crippen LogP contribution in [0.2, 0.25) is 0 Å². The Labute approximate surface area is 155 Å². The molecule has 0 unspecified atom stereocenters. The molecule has 0 radical (unpaired) electrons. The highest BCUT2D eigenvalue weighted by atomic mass is 16.5. The number of hydrogen-bond donors (Lipinski definition) is 2. The number of hydrogen-bond acceptors (Lipinski definition) is 3. The van der Waals surface area contributed by atoms with E-state index in [1.54, 1.807) is 7.11 Å². The Bertz CT molecular complexity index is 740. The number of methoxy groups -OCH3 is 1. The van der Waals surface area contributed by atoms with Crippen molar-refractivity contribution in [2.45, 2.75) is 38.2 Å². The fourth-order valence-corrected chi connectivity index (χ4v) is 3.50. The van der Waals surface area contributed by atoms with Gasteiger partial charge in [-0.05, 0) is 36.0 Å². The molecular formula is C22H27NO3. The summed E-state index contributed by atoms with van der Waals surface area (Å²) in [6.45, 7) is 2.55. The third-order valence-electron chi connectivity index (χ3n) is 5.39. The molecule has 0 aliphatic heterocycles. The lowest BCUT2D eigenvalue weighted by Crippen LogP contribution is -2.33. The molecule has 4 nitrogen and oxygen atoms in total. The van der Waals surface area contributed by atoms with Gasteiger partial charge in [0.1, 0.15) is 5.75 Å². The van der Waals surface area contributed by atoms with Crippen molar-refractivity contribution >= 4 is 5.91 Å². The van der Waals surface area contributed by atoms with Crippen LogP contribution in [0.15, 0.2) is 54.6 Å². The average molecular weight is 353 g/mol. The Morgan fingerprint density at radius 3 is 2.46 bits per heavy atom. The molecule has 2 aromatic carbocycles. The molecule has 0 heterocycles. The van der Waals surface area contributed by atoms with Crippen LogP contribution in [0.3, 0.4) is 0 Å². The minimum absolute atomic E-state index is 0.00921. The first kappa shape index (κ1) is 18.5. The van der Waals surface area contributed by atoms with Crippen molar-refractivity contribution in [1.29, 1.82) is 0 Å². The number of para-hydroxylation sites is 1. The second-order valence-electron chi connectivity index (χ2n) is 7.30. The van der Waals surface area contributed by atoms with E-state index < -0.39 is 6.10 Å². The Hall–Kier alpha value is -2.33. The highest BCUT2D eigenvalue weighted by molar-refractivity contribution is 5.77. The van der Waals surface area contributed by atoms with Gasteiger partial charge in [-0.15, -0.1) is 0 Å². The van der Waals surface area contributed by atoms with Crippen molar-refractivity contribution in [3.05, 3.63) is 65.7 Å². The second kappa shape index (κ2) is 7.92. The molecule has 0 spiro atoms. The molecule has 1 amide bonds. The monoisotopic (exact) mass is 353 g/mol. The van der Waals surface area contributed by atoms with Crippen LogP contribution in [-0.2, 0) is 4.79 Å². The van der Waals surface area contributed by atoms with Gasteiger partial charge in [0, 0.05) is 18.4 Å². The summed E-state index contributed by atoms with van der Waals surface area (Å²) in [5, 5.41) is 13.7. The molecule has 1 aliphatic carbocycles.